The summed E-state index contributed by atoms with van der Waals surface area (Å²) in [5.74, 6) is 0.569. The number of para-hydroxylation sites is 1. The summed E-state index contributed by atoms with van der Waals surface area (Å²) in [6.07, 6.45) is -0.0635. The van der Waals surface area contributed by atoms with Crippen LogP contribution in [0.4, 0.5) is 5.69 Å². The number of rotatable bonds is 3. The number of nitrogens with two attached hydrogens (primary N) is 1. The average Bonchev–Trinajstić information content (AvgIpc) is 2.91. The first kappa shape index (κ1) is 13.3. The second-order valence-electron chi connectivity index (χ2n) is 4.45. The molecule has 1 aromatic heterocycles. The third kappa shape index (κ3) is 2.60. The topological polar surface area (TPSA) is 88.1 Å². The molecule has 1 unspecified atom stereocenters. The highest BCUT2D eigenvalue weighted by molar-refractivity contribution is 6.33. The minimum atomic E-state index is -0.0635. The van der Waals surface area contributed by atoms with Gasteiger partial charge < -0.3 is 15.2 Å². The summed E-state index contributed by atoms with van der Waals surface area (Å²) in [6, 6.07) is 5.38. The number of aromatic nitrogens is 4. The van der Waals surface area contributed by atoms with Crippen LogP contribution in [0.15, 0.2) is 18.2 Å². The van der Waals surface area contributed by atoms with E-state index in [2.05, 4.69) is 15.5 Å². The second kappa shape index (κ2) is 5.74. The fourth-order valence-corrected chi connectivity index (χ4v) is 2.26. The molecule has 0 aliphatic carbocycles. The summed E-state index contributed by atoms with van der Waals surface area (Å²) in [5, 5.41) is 12.2. The van der Waals surface area contributed by atoms with Crippen LogP contribution >= 0.6 is 11.6 Å². The normalized spacial score (nSPS) is 19.1. The smallest absolute Gasteiger partial charge is 0.184 e. The Morgan fingerprint density at radius 2 is 2.30 bits per heavy atom. The molecule has 0 spiro atoms. The summed E-state index contributed by atoms with van der Waals surface area (Å²) < 4.78 is 12.6. The van der Waals surface area contributed by atoms with E-state index in [9.17, 15) is 0 Å². The molecule has 1 aliphatic rings. The van der Waals surface area contributed by atoms with E-state index in [4.69, 9.17) is 26.8 Å². The Morgan fingerprint density at radius 3 is 3.10 bits per heavy atom. The molecule has 2 aromatic rings. The van der Waals surface area contributed by atoms with Crippen molar-refractivity contribution in [2.45, 2.75) is 12.6 Å². The zero-order valence-electron chi connectivity index (χ0n) is 10.7. The molecule has 1 saturated heterocycles. The minimum absolute atomic E-state index is 0.0635. The van der Waals surface area contributed by atoms with Crippen LogP contribution in [0.25, 0.3) is 11.4 Å². The van der Waals surface area contributed by atoms with Crippen molar-refractivity contribution in [2.24, 2.45) is 0 Å². The molecule has 1 atom stereocenters. The summed E-state index contributed by atoms with van der Waals surface area (Å²) in [4.78, 5) is 0. The Labute approximate surface area is 120 Å². The summed E-state index contributed by atoms with van der Waals surface area (Å²) >= 11 is 6.03. The lowest BCUT2D eigenvalue weighted by molar-refractivity contribution is -0.0946. The molecule has 2 heterocycles. The highest BCUT2D eigenvalue weighted by atomic mass is 35.5. The molecular formula is C12H14ClN5O2. The van der Waals surface area contributed by atoms with Crippen molar-refractivity contribution in [2.75, 3.05) is 25.6 Å². The fraction of sp³-hybridized carbons (Fsp3) is 0.417. The lowest BCUT2D eigenvalue weighted by atomic mass is 10.1. The predicted octanol–water partition coefficient (Wildman–Crippen LogP) is 0.991. The van der Waals surface area contributed by atoms with Crippen LogP contribution in [0.1, 0.15) is 0 Å². The van der Waals surface area contributed by atoms with E-state index in [1.807, 2.05) is 12.1 Å². The molecule has 1 aliphatic heterocycles. The first-order valence-electron chi connectivity index (χ1n) is 6.25. The molecule has 1 fully saturated rings. The molecular weight excluding hydrogens is 282 g/mol. The van der Waals surface area contributed by atoms with Gasteiger partial charge in [0.05, 0.1) is 37.1 Å². The van der Waals surface area contributed by atoms with Crippen molar-refractivity contribution in [3.05, 3.63) is 23.2 Å². The quantitative estimate of drug-likeness (QED) is 0.850. The average molecular weight is 296 g/mol. The SMILES string of the molecule is Nc1c(Cl)cccc1-c1nnnn1CC1COCCO1. The molecule has 106 valence electrons. The number of anilines is 1. The van der Waals surface area contributed by atoms with Crippen LogP contribution < -0.4 is 5.73 Å². The molecule has 8 heteroatoms. The molecule has 7 nitrogen and oxygen atoms in total. The van der Waals surface area contributed by atoms with Crippen LogP contribution in [0.3, 0.4) is 0 Å². The number of nitrogens with zero attached hydrogens (tertiary/aromatic N) is 4. The number of ether oxygens (including phenoxy) is 2. The molecule has 0 saturated carbocycles. The van der Waals surface area contributed by atoms with Gasteiger partial charge in [0.15, 0.2) is 5.82 Å². The van der Waals surface area contributed by atoms with E-state index in [1.165, 1.54) is 0 Å². The number of hydrogen-bond donors (Lipinski definition) is 1. The summed E-state index contributed by atoms with van der Waals surface area (Å²) in [6.45, 7) is 2.25. The molecule has 0 bridgehead atoms. The third-order valence-electron chi connectivity index (χ3n) is 3.09. The maximum Gasteiger partial charge on any atom is 0.184 e. The van der Waals surface area contributed by atoms with Crippen molar-refractivity contribution < 1.29 is 9.47 Å². The lowest BCUT2D eigenvalue weighted by Gasteiger charge is -2.22. The van der Waals surface area contributed by atoms with Gasteiger partial charge in [0, 0.05) is 5.56 Å². The van der Waals surface area contributed by atoms with E-state index < -0.39 is 0 Å². The van der Waals surface area contributed by atoms with Gasteiger partial charge >= 0.3 is 0 Å². The van der Waals surface area contributed by atoms with Crippen LogP contribution in [-0.4, -0.2) is 46.1 Å². The molecule has 3 rings (SSSR count). The number of tetrazole rings is 1. The van der Waals surface area contributed by atoms with Crippen LogP contribution in [0.2, 0.25) is 5.02 Å². The van der Waals surface area contributed by atoms with Crippen molar-refractivity contribution >= 4 is 17.3 Å². The van der Waals surface area contributed by atoms with Gasteiger partial charge in [-0.2, -0.15) is 0 Å². The lowest BCUT2D eigenvalue weighted by Crippen LogP contribution is -2.32. The highest BCUT2D eigenvalue weighted by Gasteiger charge is 2.19. The number of nitrogen functional groups attached to an aromatic ring is 1. The Morgan fingerprint density at radius 1 is 1.40 bits per heavy atom. The van der Waals surface area contributed by atoms with Crippen molar-refractivity contribution in [3.63, 3.8) is 0 Å². The zero-order valence-corrected chi connectivity index (χ0v) is 11.5. The Balaban J connectivity index is 1.87. The van der Waals surface area contributed by atoms with Crippen LogP contribution in [0.5, 0.6) is 0 Å². The second-order valence-corrected chi connectivity index (χ2v) is 4.86. The van der Waals surface area contributed by atoms with Gasteiger partial charge in [-0.1, -0.05) is 17.7 Å². The summed E-state index contributed by atoms with van der Waals surface area (Å²) in [7, 11) is 0. The third-order valence-corrected chi connectivity index (χ3v) is 3.42. The first-order chi connectivity index (χ1) is 9.75. The minimum Gasteiger partial charge on any atom is -0.397 e. The van der Waals surface area contributed by atoms with Gasteiger partial charge in [0.2, 0.25) is 0 Å². The maximum absolute atomic E-state index is 6.03. The molecule has 20 heavy (non-hydrogen) atoms. The fourth-order valence-electron chi connectivity index (χ4n) is 2.09. The first-order valence-corrected chi connectivity index (χ1v) is 6.63. The van der Waals surface area contributed by atoms with Crippen LogP contribution in [0, 0.1) is 0 Å². The van der Waals surface area contributed by atoms with Crippen molar-refractivity contribution in [3.8, 4) is 11.4 Å². The molecule has 0 radical (unpaired) electrons. The monoisotopic (exact) mass is 295 g/mol. The largest absolute Gasteiger partial charge is 0.397 e. The van der Waals surface area contributed by atoms with Gasteiger partial charge in [-0.05, 0) is 22.6 Å². The number of hydrogen-bond acceptors (Lipinski definition) is 6. The Bertz CT molecular complexity index is 597. The van der Waals surface area contributed by atoms with Gasteiger partial charge in [-0.15, -0.1) is 5.10 Å². The molecule has 0 amide bonds. The van der Waals surface area contributed by atoms with Gasteiger partial charge in [-0.25, -0.2) is 4.68 Å². The Kier molecular flexibility index (Phi) is 3.81. The number of halogens is 1. The van der Waals surface area contributed by atoms with E-state index in [-0.39, 0.29) is 6.10 Å². The van der Waals surface area contributed by atoms with Gasteiger partial charge in [-0.3, -0.25) is 0 Å². The number of benzene rings is 1. The molecule has 1 aromatic carbocycles. The standard InChI is InChI=1S/C12H14ClN5O2/c13-10-3-1-2-9(11(10)14)12-15-16-17-18(12)6-8-7-19-4-5-20-8/h1-3,8H,4-7,14H2. The zero-order chi connectivity index (χ0) is 13.9. The van der Waals surface area contributed by atoms with E-state index in [0.29, 0.717) is 48.5 Å². The highest BCUT2D eigenvalue weighted by Crippen LogP contribution is 2.29. The van der Waals surface area contributed by atoms with Crippen LogP contribution in [-0.2, 0) is 16.0 Å². The van der Waals surface area contributed by atoms with E-state index in [0.717, 1.165) is 0 Å². The van der Waals surface area contributed by atoms with Gasteiger partial charge in [0.1, 0.15) is 6.10 Å². The van der Waals surface area contributed by atoms with Crippen molar-refractivity contribution in [1.29, 1.82) is 0 Å². The van der Waals surface area contributed by atoms with Gasteiger partial charge in [0.25, 0.3) is 0 Å². The predicted molar refractivity (Wildman–Crippen MR) is 73.2 cm³/mol. The van der Waals surface area contributed by atoms with E-state index >= 15 is 0 Å². The van der Waals surface area contributed by atoms with E-state index in [1.54, 1.807) is 10.7 Å². The van der Waals surface area contributed by atoms with Crippen molar-refractivity contribution in [1.82, 2.24) is 20.2 Å². The maximum atomic E-state index is 6.03. The summed E-state index contributed by atoms with van der Waals surface area (Å²) in [5.41, 5.74) is 7.15. The molecule has 2 N–H and O–H groups in total. The Hall–Kier alpha value is -1.70.